The summed E-state index contributed by atoms with van der Waals surface area (Å²) in [5.74, 6) is -0.169. The molecular formula is C13H17NO4. The molecule has 1 aromatic carbocycles. The Morgan fingerprint density at radius 2 is 2.17 bits per heavy atom. The number of carboxylic acid groups (broad SMARTS) is 1. The summed E-state index contributed by atoms with van der Waals surface area (Å²) in [4.78, 5) is 13.4. The Balaban J connectivity index is 2.25. The number of methoxy groups -OCH3 is 1. The Hall–Kier alpha value is -1.59. The first-order valence-corrected chi connectivity index (χ1v) is 5.91. The maximum Gasteiger partial charge on any atom is 0.325 e. The lowest BCUT2D eigenvalue weighted by Crippen LogP contribution is -2.42. The molecule has 0 aromatic heterocycles. The number of morpholine rings is 1. The molecule has 5 nitrogen and oxygen atoms in total. The van der Waals surface area contributed by atoms with Crippen LogP contribution in [0.5, 0.6) is 5.75 Å². The second-order valence-corrected chi connectivity index (χ2v) is 4.17. The summed E-state index contributed by atoms with van der Waals surface area (Å²) in [6, 6.07) is 6.57. The second kappa shape index (κ2) is 5.84. The van der Waals surface area contributed by atoms with Crippen LogP contribution in [0.2, 0.25) is 0 Å². The molecule has 0 spiro atoms. The minimum Gasteiger partial charge on any atom is -0.497 e. The van der Waals surface area contributed by atoms with Crippen LogP contribution in [0, 0.1) is 0 Å². The van der Waals surface area contributed by atoms with Crippen molar-refractivity contribution in [2.75, 3.05) is 33.4 Å². The highest BCUT2D eigenvalue weighted by atomic mass is 16.5. The predicted octanol–water partition coefficient (Wildman–Crippen LogP) is 1.15. The van der Waals surface area contributed by atoms with Gasteiger partial charge in [0.05, 0.1) is 20.3 Å². The smallest absolute Gasteiger partial charge is 0.325 e. The lowest BCUT2D eigenvalue weighted by molar-refractivity contribution is -0.145. The Kier molecular flexibility index (Phi) is 4.17. The lowest BCUT2D eigenvalue weighted by atomic mass is 10.0. The number of rotatable bonds is 4. The average molecular weight is 251 g/mol. The van der Waals surface area contributed by atoms with Crippen molar-refractivity contribution in [3.05, 3.63) is 29.8 Å². The first-order chi connectivity index (χ1) is 8.72. The summed E-state index contributed by atoms with van der Waals surface area (Å²) in [7, 11) is 1.57. The highest BCUT2D eigenvalue weighted by molar-refractivity contribution is 5.75. The number of carboxylic acids is 1. The minimum absolute atomic E-state index is 0.577. The SMILES string of the molecule is COc1cccc([C@H](C(=O)O)N2CCOCC2)c1. The number of benzene rings is 1. The summed E-state index contributed by atoms with van der Waals surface area (Å²) >= 11 is 0. The van der Waals surface area contributed by atoms with Gasteiger partial charge in [-0.1, -0.05) is 12.1 Å². The third-order valence-corrected chi connectivity index (χ3v) is 3.05. The summed E-state index contributed by atoms with van der Waals surface area (Å²) < 4.78 is 10.4. The summed E-state index contributed by atoms with van der Waals surface area (Å²) in [5.41, 5.74) is 0.740. The molecule has 0 bridgehead atoms. The van der Waals surface area contributed by atoms with Crippen molar-refractivity contribution in [2.45, 2.75) is 6.04 Å². The third kappa shape index (κ3) is 2.80. The first kappa shape index (κ1) is 12.9. The topological polar surface area (TPSA) is 59.0 Å². The van der Waals surface area contributed by atoms with Gasteiger partial charge >= 0.3 is 5.97 Å². The van der Waals surface area contributed by atoms with Crippen LogP contribution >= 0.6 is 0 Å². The number of carbonyl (C=O) groups is 1. The molecule has 1 heterocycles. The van der Waals surface area contributed by atoms with Crippen LogP contribution in [-0.4, -0.2) is 49.4 Å². The van der Waals surface area contributed by atoms with E-state index in [-0.39, 0.29) is 0 Å². The Labute approximate surface area is 106 Å². The van der Waals surface area contributed by atoms with Gasteiger partial charge in [0.15, 0.2) is 0 Å². The molecule has 18 heavy (non-hydrogen) atoms. The Bertz CT molecular complexity index is 415. The van der Waals surface area contributed by atoms with Gasteiger partial charge in [-0.05, 0) is 17.7 Å². The summed E-state index contributed by atoms with van der Waals surface area (Å²) in [6.07, 6.45) is 0. The normalized spacial score (nSPS) is 18.3. The van der Waals surface area contributed by atoms with Crippen molar-refractivity contribution in [1.29, 1.82) is 0 Å². The maximum atomic E-state index is 11.5. The van der Waals surface area contributed by atoms with Crippen LogP contribution in [0.25, 0.3) is 0 Å². The van der Waals surface area contributed by atoms with Gasteiger partial charge in [0.2, 0.25) is 0 Å². The number of ether oxygens (including phenoxy) is 2. The minimum atomic E-state index is -0.842. The fourth-order valence-electron chi connectivity index (χ4n) is 2.16. The van der Waals surface area contributed by atoms with Crippen molar-refractivity contribution < 1.29 is 19.4 Å². The van der Waals surface area contributed by atoms with Gasteiger partial charge in [0.1, 0.15) is 11.8 Å². The molecule has 0 aliphatic carbocycles. The summed E-state index contributed by atoms with van der Waals surface area (Å²) in [5, 5.41) is 9.42. The largest absolute Gasteiger partial charge is 0.497 e. The Morgan fingerprint density at radius 1 is 1.44 bits per heavy atom. The zero-order chi connectivity index (χ0) is 13.0. The summed E-state index contributed by atoms with van der Waals surface area (Å²) in [6.45, 7) is 2.42. The molecule has 0 saturated carbocycles. The molecule has 5 heteroatoms. The lowest BCUT2D eigenvalue weighted by Gasteiger charge is -2.32. The van der Waals surface area contributed by atoms with E-state index in [1.807, 2.05) is 23.1 Å². The van der Waals surface area contributed by atoms with E-state index in [0.717, 1.165) is 5.56 Å². The van der Waals surface area contributed by atoms with Crippen LogP contribution in [0.3, 0.4) is 0 Å². The molecule has 1 aliphatic rings. The van der Waals surface area contributed by atoms with Crippen LogP contribution < -0.4 is 4.74 Å². The molecule has 1 atom stereocenters. The van der Waals surface area contributed by atoms with Gasteiger partial charge < -0.3 is 14.6 Å². The van der Waals surface area contributed by atoms with Crippen LogP contribution in [0.4, 0.5) is 0 Å². The number of aliphatic carboxylic acids is 1. The average Bonchev–Trinajstić information content (AvgIpc) is 2.40. The Morgan fingerprint density at radius 3 is 2.78 bits per heavy atom. The van der Waals surface area contributed by atoms with E-state index in [1.54, 1.807) is 13.2 Å². The zero-order valence-corrected chi connectivity index (χ0v) is 10.3. The van der Waals surface area contributed by atoms with E-state index in [1.165, 1.54) is 0 Å². The van der Waals surface area contributed by atoms with E-state index >= 15 is 0 Å². The molecule has 1 fully saturated rings. The second-order valence-electron chi connectivity index (χ2n) is 4.17. The van der Waals surface area contributed by atoms with E-state index in [0.29, 0.717) is 32.1 Å². The molecule has 0 radical (unpaired) electrons. The number of nitrogens with zero attached hydrogens (tertiary/aromatic N) is 1. The molecule has 1 aliphatic heterocycles. The highest BCUT2D eigenvalue weighted by Crippen LogP contribution is 2.25. The molecule has 98 valence electrons. The van der Waals surface area contributed by atoms with Crippen LogP contribution in [-0.2, 0) is 9.53 Å². The predicted molar refractivity (Wildman–Crippen MR) is 65.8 cm³/mol. The van der Waals surface area contributed by atoms with Crippen LogP contribution in [0.15, 0.2) is 24.3 Å². The van der Waals surface area contributed by atoms with E-state index in [2.05, 4.69) is 0 Å². The molecule has 1 aromatic rings. The quantitative estimate of drug-likeness (QED) is 0.870. The van der Waals surface area contributed by atoms with Gasteiger partial charge in [-0.15, -0.1) is 0 Å². The monoisotopic (exact) mass is 251 g/mol. The van der Waals surface area contributed by atoms with E-state index in [9.17, 15) is 9.90 Å². The number of hydrogen-bond acceptors (Lipinski definition) is 4. The van der Waals surface area contributed by atoms with Gasteiger partial charge in [-0.3, -0.25) is 9.69 Å². The molecule has 1 N–H and O–H groups in total. The molecule has 0 amide bonds. The zero-order valence-electron chi connectivity index (χ0n) is 10.3. The van der Waals surface area contributed by atoms with E-state index < -0.39 is 12.0 Å². The van der Waals surface area contributed by atoms with Crippen molar-refractivity contribution in [1.82, 2.24) is 4.90 Å². The van der Waals surface area contributed by atoms with Crippen molar-refractivity contribution in [3.8, 4) is 5.75 Å². The molecule has 0 unspecified atom stereocenters. The molecule has 1 saturated heterocycles. The fourth-order valence-corrected chi connectivity index (χ4v) is 2.16. The third-order valence-electron chi connectivity index (χ3n) is 3.05. The standard InChI is InChI=1S/C13H17NO4/c1-17-11-4-2-3-10(9-11)12(13(15)16)14-5-7-18-8-6-14/h2-4,9,12H,5-8H2,1H3,(H,15,16)/t12-/m1/s1. The number of hydrogen-bond donors (Lipinski definition) is 1. The van der Waals surface area contributed by atoms with Gasteiger partial charge in [0, 0.05) is 13.1 Å². The van der Waals surface area contributed by atoms with E-state index in [4.69, 9.17) is 9.47 Å². The first-order valence-electron chi connectivity index (χ1n) is 5.91. The van der Waals surface area contributed by atoms with Gasteiger partial charge in [0.25, 0.3) is 0 Å². The van der Waals surface area contributed by atoms with Crippen LogP contribution in [0.1, 0.15) is 11.6 Å². The maximum absolute atomic E-state index is 11.5. The van der Waals surface area contributed by atoms with Crippen molar-refractivity contribution in [3.63, 3.8) is 0 Å². The molecule has 2 rings (SSSR count). The molecular weight excluding hydrogens is 234 g/mol. The van der Waals surface area contributed by atoms with Crippen molar-refractivity contribution >= 4 is 5.97 Å². The fraction of sp³-hybridized carbons (Fsp3) is 0.462. The van der Waals surface area contributed by atoms with Gasteiger partial charge in [-0.25, -0.2) is 0 Å². The van der Waals surface area contributed by atoms with Crippen molar-refractivity contribution in [2.24, 2.45) is 0 Å². The van der Waals surface area contributed by atoms with Gasteiger partial charge in [-0.2, -0.15) is 0 Å². The highest BCUT2D eigenvalue weighted by Gasteiger charge is 2.28.